The molecule has 6 nitrogen and oxygen atoms in total. The predicted octanol–water partition coefficient (Wildman–Crippen LogP) is 5.34. The zero-order chi connectivity index (χ0) is 26.2. The van der Waals surface area contributed by atoms with Crippen molar-refractivity contribution >= 4 is 28.3 Å². The van der Waals surface area contributed by atoms with E-state index in [0.717, 1.165) is 44.0 Å². The van der Waals surface area contributed by atoms with E-state index in [0.29, 0.717) is 22.5 Å². The number of anilines is 2. The van der Waals surface area contributed by atoms with Crippen LogP contribution in [-0.4, -0.2) is 32.6 Å². The molecule has 3 aromatic rings. The van der Waals surface area contributed by atoms with E-state index in [-0.39, 0.29) is 24.1 Å². The van der Waals surface area contributed by atoms with Gasteiger partial charge in [0, 0.05) is 29.2 Å². The van der Waals surface area contributed by atoms with Crippen LogP contribution in [0.15, 0.2) is 30.3 Å². The standard InChI is InChI=1S/C27H29F3N4O2/c1-14-32-20-12-19-21(34(16-9-10-16)24(35)25(19,2)3)11-17(20)23(33-14)31-13-15-7-6-8-18(22(15)28)27(29,30)26(4,5)36/h6-8,11-12,16,36H,9-10,13H2,1-5H3,(H,31,32,33). The maximum absolute atomic E-state index is 15.1. The van der Waals surface area contributed by atoms with Gasteiger partial charge in [-0.1, -0.05) is 12.1 Å². The predicted molar refractivity (Wildman–Crippen MR) is 132 cm³/mol. The van der Waals surface area contributed by atoms with Gasteiger partial charge in [0.1, 0.15) is 23.1 Å². The van der Waals surface area contributed by atoms with Gasteiger partial charge in [-0.3, -0.25) is 4.79 Å². The molecular weight excluding hydrogens is 469 g/mol. The van der Waals surface area contributed by atoms with Gasteiger partial charge in [-0.15, -0.1) is 0 Å². The van der Waals surface area contributed by atoms with Crippen LogP contribution in [0.5, 0.6) is 0 Å². The first-order chi connectivity index (χ1) is 16.7. The second kappa shape index (κ2) is 7.90. The lowest BCUT2D eigenvalue weighted by atomic mass is 9.85. The van der Waals surface area contributed by atoms with Crippen molar-refractivity contribution in [1.29, 1.82) is 0 Å². The topological polar surface area (TPSA) is 78.4 Å². The number of carbonyl (C=O) groups is 1. The molecule has 36 heavy (non-hydrogen) atoms. The second-order valence-electron chi connectivity index (χ2n) is 10.8. The molecule has 1 fully saturated rings. The second-order valence-corrected chi connectivity index (χ2v) is 10.8. The van der Waals surface area contributed by atoms with Gasteiger partial charge in [0.2, 0.25) is 5.91 Å². The number of carbonyl (C=O) groups excluding carboxylic acids is 1. The number of aromatic nitrogens is 2. The number of nitrogens with one attached hydrogen (secondary N) is 1. The summed E-state index contributed by atoms with van der Waals surface area (Å²) < 4.78 is 44.5. The molecule has 2 aromatic carbocycles. The Labute approximate surface area is 207 Å². The van der Waals surface area contributed by atoms with Crippen molar-refractivity contribution in [1.82, 2.24) is 9.97 Å². The SMILES string of the molecule is Cc1nc(NCc2cccc(C(F)(F)C(C)(C)O)c2F)c2cc3c(cc2n1)C(C)(C)C(=O)N3C1CC1. The molecule has 5 rings (SSSR count). The smallest absolute Gasteiger partial charge is 0.303 e. The fourth-order valence-electron chi connectivity index (χ4n) is 4.80. The molecule has 1 aromatic heterocycles. The fraction of sp³-hybridized carbons (Fsp3) is 0.444. The molecule has 2 aliphatic rings. The molecule has 2 N–H and O–H groups in total. The average Bonchev–Trinajstić information content (AvgIpc) is 3.59. The molecule has 1 aliphatic heterocycles. The normalized spacial score (nSPS) is 17.6. The summed E-state index contributed by atoms with van der Waals surface area (Å²) in [5, 5.41) is 13.6. The molecule has 9 heteroatoms. The zero-order valence-electron chi connectivity index (χ0n) is 20.9. The summed E-state index contributed by atoms with van der Waals surface area (Å²) in [6.45, 7) is 7.34. The van der Waals surface area contributed by atoms with Gasteiger partial charge in [0.15, 0.2) is 0 Å². The Hall–Kier alpha value is -3.20. The Morgan fingerprint density at radius 2 is 1.89 bits per heavy atom. The Morgan fingerprint density at radius 1 is 1.19 bits per heavy atom. The van der Waals surface area contributed by atoms with Gasteiger partial charge >= 0.3 is 5.92 Å². The van der Waals surface area contributed by atoms with Crippen molar-refractivity contribution in [3.8, 4) is 0 Å². The first kappa shape index (κ1) is 24.5. The van der Waals surface area contributed by atoms with E-state index in [4.69, 9.17) is 0 Å². The Balaban J connectivity index is 1.54. The van der Waals surface area contributed by atoms with Gasteiger partial charge < -0.3 is 15.3 Å². The van der Waals surface area contributed by atoms with Crippen LogP contribution in [0.3, 0.4) is 0 Å². The number of amides is 1. The first-order valence-electron chi connectivity index (χ1n) is 12.0. The van der Waals surface area contributed by atoms with E-state index in [1.165, 1.54) is 12.1 Å². The summed E-state index contributed by atoms with van der Waals surface area (Å²) >= 11 is 0. The van der Waals surface area contributed by atoms with Crippen molar-refractivity contribution in [2.45, 2.75) is 77.0 Å². The summed E-state index contributed by atoms with van der Waals surface area (Å²) in [6.07, 6.45) is 1.92. The molecule has 0 atom stereocenters. The molecule has 0 radical (unpaired) electrons. The molecule has 1 aliphatic carbocycles. The summed E-state index contributed by atoms with van der Waals surface area (Å²) in [7, 11) is 0. The van der Waals surface area contributed by atoms with E-state index in [1.54, 1.807) is 6.92 Å². The highest BCUT2D eigenvalue weighted by Gasteiger charge is 2.50. The monoisotopic (exact) mass is 498 g/mol. The Morgan fingerprint density at radius 3 is 2.53 bits per heavy atom. The average molecular weight is 499 g/mol. The highest BCUT2D eigenvalue weighted by molar-refractivity contribution is 6.11. The van der Waals surface area contributed by atoms with Crippen LogP contribution >= 0.6 is 0 Å². The van der Waals surface area contributed by atoms with Crippen molar-refractivity contribution in [3.05, 3.63) is 58.7 Å². The van der Waals surface area contributed by atoms with Crippen molar-refractivity contribution in [2.24, 2.45) is 0 Å². The van der Waals surface area contributed by atoms with Gasteiger partial charge in [0.05, 0.1) is 16.5 Å². The number of benzene rings is 2. The highest BCUT2D eigenvalue weighted by atomic mass is 19.3. The van der Waals surface area contributed by atoms with Crippen LogP contribution in [0, 0.1) is 12.7 Å². The molecule has 0 spiro atoms. The number of alkyl halides is 2. The largest absolute Gasteiger partial charge is 0.384 e. The summed E-state index contributed by atoms with van der Waals surface area (Å²) in [6, 6.07) is 7.73. The van der Waals surface area contributed by atoms with E-state index in [1.807, 2.05) is 30.9 Å². The van der Waals surface area contributed by atoms with Crippen LogP contribution in [-0.2, 0) is 22.7 Å². The minimum absolute atomic E-state index is 0.0120. The number of nitrogens with zero attached hydrogens (tertiary/aromatic N) is 3. The summed E-state index contributed by atoms with van der Waals surface area (Å²) in [5.41, 5.74) is -1.58. The number of hydrogen-bond acceptors (Lipinski definition) is 5. The van der Waals surface area contributed by atoms with E-state index < -0.39 is 28.3 Å². The molecular formula is C27H29F3N4O2. The number of halogens is 3. The lowest BCUT2D eigenvalue weighted by Crippen LogP contribution is -2.41. The minimum Gasteiger partial charge on any atom is -0.384 e. The maximum atomic E-state index is 15.1. The van der Waals surface area contributed by atoms with Crippen molar-refractivity contribution in [3.63, 3.8) is 0 Å². The van der Waals surface area contributed by atoms with Crippen LogP contribution in [0.2, 0.25) is 0 Å². The fourth-order valence-corrected chi connectivity index (χ4v) is 4.80. The van der Waals surface area contributed by atoms with Crippen LogP contribution in [0.1, 0.15) is 63.1 Å². The molecule has 0 bridgehead atoms. The van der Waals surface area contributed by atoms with Crippen molar-refractivity contribution < 1.29 is 23.1 Å². The Bertz CT molecular complexity index is 1390. The number of fused-ring (bicyclic) bond motifs is 2. The number of aryl methyl sites for hydroxylation is 1. The summed E-state index contributed by atoms with van der Waals surface area (Å²) in [4.78, 5) is 24.1. The van der Waals surface area contributed by atoms with Crippen molar-refractivity contribution in [2.75, 3.05) is 10.2 Å². The van der Waals surface area contributed by atoms with E-state index in [2.05, 4.69) is 15.3 Å². The molecule has 0 unspecified atom stereocenters. The third-order valence-electron chi connectivity index (χ3n) is 7.15. The molecule has 2 heterocycles. The molecule has 1 amide bonds. The summed E-state index contributed by atoms with van der Waals surface area (Å²) in [5.74, 6) is -3.90. The minimum atomic E-state index is -3.78. The highest BCUT2D eigenvalue weighted by Crippen LogP contribution is 2.48. The Kier molecular flexibility index (Phi) is 5.37. The third-order valence-corrected chi connectivity index (χ3v) is 7.15. The maximum Gasteiger partial charge on any atom is 0.303 e. The lowest BCUT2D eigenvalue weighted by molar-refractivity contribution is -0.170. The molecule has 190 valence electrons. The first-order valence-corrected chi connectivity index (χ1v) is 12.0. The number of hydrogen-bond donors (Lipinski definition) is 2. The van der Waals surface area contributed by atoms with Gasteiger partial charge in [-0.2, -0.15) is 8.78 Å². The lowest BCUT2D eigenvalue weighted by Gasteiger charge is -2.30. The molecule has 1 saturated carbocycles. The third kappa shape index (κ3) is 3.72. The van der Waals surface area contributed by atoms with Crippen LogP contribution in [0.4, 0.5) is 24.7 Å². The number of aliphatic hydroxyl groups is 1. The zero-order valence-corrected chi connectivity index (χ0v) is 20.9. The van der Waals surface area contributed by atoms with E-state index in [9.17, 15) is 18.7 Å². The van der Waals surface area contributed by atoms with Crippen LogP contribution < -0.4 is 10.2 Å². The van der Waals surface area contributed by atoms with Gasteiger partial charge in [0.25, 0.3) is 0 Å². The van der Waals surface area contributed by atoms with Gasteiger partial charge in [-0.05, 0) is 71.2 Å². The molecule has 0 saturated heterocycles. The van der Waals surface area contributed by atoms with Crippen LogP contribution in [0.25, 0.3) is 10.9 Å². The van der Waals surface area contributed by atoms with Gasteiger partial charge in [-0.25, -0.2) is 14.4 Å². The quantitative estimate of drug-likeness (QED) is 0.480. The van der Waals surface area contributed by atoms with E-state index >= 15 is 4.39 Å². The number of rotatable bonds is 6.